The van der Waals surface area contributed by atoms with Crippen molar-refractivity contribution in [1.29, 1.82) is 0 Å². The predicted molar refractivity (Wildman–Crippen MR) is 49.7 cm³/mol. The lowest BCUT2D eigenvalue weighted by Crippen LogP contribution is -2.35. The van der Waals surface area contributed by atoms with Gasteiger partial charge in [0, 0.05) is 6.54 Å². The highest BCUT2D eigenvalue weighted by molar-refractivity contribution is 5.85. The van der Waals surface area contributed by atoms with E-state index in [1.54, 1.807) is 6.08 Å². The van der Waals surface area contributed by atoms with Gasteiger partial charge in [-0.25, -0.2) is 0 Å². The summed E-state index contributed by atoms with van der Waals surface area (Å²) >= 11 is 0. The highest BCUT2D eigenvalue weighted by atomic mass is 35.5. The molecular formula is C8H14ClNO2. The van der Waals surface area contributed by atoms with Gasteiger partial charge in [0.05, 0.1) is 0 Å². The van der Waals surface area contributed by atoms with E-state index < -0.39 is 5.97 Å². The maximum atomic E-state index is 10.6. The summed E-state index contributed by atoms with van der Waals surface area (Å²) in [5.41, 5.74) is 0. The summed E-state index contributed by atoms with van der Waals surface area (Å²) < 4.78 is 0. The lowest BCUT2D eigenvalue weighted by molar-refractivity contribution is -0.141. The molecule has 0 bridgehead atoms. The molecule has 1 atom stereocenters. The summed E-state index contributed by atoms with van der Waals surface area (Å²) in [6.07, 6.45) is 3.52. The van der Waals surface area contributed by atoms with Crippen LogP contribution in [0.2, 0.25) is 0 Å². The number of likely N-dealkylation sites (tertiary alicyclic amines) is 1. The number of rotatable bonds is 3. The van der Waals surface area contributed by atoms with Crippen LogP contribution in [0.4, 0.5) is 0 Å². The number of carboxylic acid groups (broad SMARTS) is 1. The number of hydrogen-bond donors (Lipinski definition) is 1. The lowest BCUT2D eigenvalue weighted by atomic mass is 10.2. The Kier molecular flexibility index (Phi) is 4.93. The minimum Gasteiger partial charge on any atom is -0.480 e. The van der Waals surface area contributed by atoms with Gasteiger partial charge in [0.2, 0.25) is 0 Å². The second kappa shape index (κ2) is 5.17. The van der Waals surface area contributed by atoms with Gasteiger partial charge < -0.3 is 5.11 Å². The number of aliphatic carboxylic acids is 1. The van der Waals surface area contributed by atoms with Gasteiger partial charge in [-0.05, 0) is 19.4 Å². The van der Waals surface area contributed by atoms with Crippen LogP contribution in [0.1, 0.15) is 12.8 Å². The van der Waals surface area contributed by atoms with Crippen molar-refractivity contribution < 1.29 is 9.90 Å². The SMILES string of the molecule is C=CCN1CCC[C@H]1C(=O)O.Cl. The van der Waals surface area contributed by atoms with Crippen LogP contribution in [0, 0.1) is 0 Å². The largest absolute Gasteiger partial charge is 0.480 e. The highest BCUT2D eigenvalue weighted by Gasteiger charge is 2.28. The van der Waals surface area contributed by atoms with Crippen molar-refractivity contribution in [2.45, 2.75) is 18.9 Å². The molecule has 3 nitrogen and oxygen atoms in total. The van der Waals surface area contributed by atoms with Crippen molar-refractivity contribution in [3.63, 3.8) is 0 Å². The molecule has 0 saturated carbocycles. The monoisotopic (exact) mass is 191 g/mol. The first-order chi connectivity index (χ1) is 5.25. The summed E-state index contributed by atoms with van der Waals surface area (Å²) in [5.74, 6) is -0.704. The minimum absolute atomic E-state index is 0. The van der Waals surface area contributed by atoms with Crippen molar-refractivity contribution in [3.8, 4) is 0 Å². The molecule has 0 aliphatic carbocycles. The molecule has 0 amide bonds. The van der Waals surface area contributed by atoms with E-state index in [9.17, 15) is 4.79 Å². The van der Waals surface area contributed by atoms with E-state index in [1.165, 1.54) is 0 Å². The standard InChI is InChI=1S/C8H13NO2.ClH/c1-2-5-9-6-3-4-7(9)8(10)11;/h2,7H,1,3-6H2,(H,10,11);1H/t7-;/m0./s1. The molecule has 1 saturated heterocycles. The van der Waals surface area contributed by atoms with Crippen molar-refractivity contribution in [3.05, 3.63) is 12.7 Å². The van der Waals surface area contributed by atoms with Crippen molar-refractivity contribution >= 4 is 18.4 Å². The first-order valence-corrected chi connectivity index (χ1v) is 3.83. The normalized spacial score (nSPS) is 23.2. The molecule has 12 heavy (non-hydrogen) atoms. The van der Waals surface area contributed by atoms with Crippen LogP contribution in [0.3, 0.4) is 0 Å². The van der Waals surface area contributed by atoms with Gasteiger partial charge >= 0.3 is 5.97 Å². The topological polar surface area (TPSA) is 40.5 Å². The number of hydrogen-bond acceptors (Lipinski definition) is 2. The summed E-state index contributed by atoms with van der Waals surface area (Å²) in [7, 11) is 0. The Labute approximate surface area is 78.5 Å². The van der Waals surface area contributed by atoms with Gasteiger partial charge in [-0.2, -0.15) is 0 Å². The molecular weight excluding hydrogens is 178 g/mol. The zero-order valence-electron chi connectivity index (χ0n) is 6.90. The van der Waals surface area contributed by atoms with Crippen molar-refractivity contribution in [2.75, 3.05) is 13.1 Å². The molecule has 0 unspecified atom stereocenters. The summed E-state index contributed by atoms with van der Waals surface area (Å²) in [4.78, 5) is 12.6. The molecule has 0 aromatic heterocycles. The van der Waals surface area contributed by atoms with Gasteiger partial charge in [0.15, 0.2) is 0 Å². The molecule has 1 N–H and O–H groups in total. The summed E-state index contributed by atoms with van der Waals surface area (Å²) in [5, 5.41) is 8.73. The quantitative estimate of drug-likeness (QED) is 0.681. The Morgan fingerprint density at radius 1 is 1.75 bits per heavy atom. The van der Waals surface area contributed by atoms with Crippen LogP contribution in [0.15, 0.2) is 12.7 Å². The highest BCUT2D eigenvalue weighted by Crippen LogP contribution is 2.16. The average molecular weight is 192 g/mol. The van der Waals surface area contributed by atoms with Crippen molar-refractivity contribution in [2.24, 2.45) is 0 Å². The second-order valence-corrected chi connectivity index (χ2v) is 2.78. The molecule has 1 aliphatic rings. The van der Waals surface area contributed by atoms with Crippen LogP contribution in [0.5, 0.6) is 0 Å². The fourth-order valence-corrected chi connectivity index (χ4v) is 1.49. The number of nitrogens with zero attached hydrogens (tertiary/aromatic N) is 1. The fourth-order valence-electron chi connectivity index (χ4n) is 1.49. The van der Waals surface area contributed by atoms with Gasteiger partial charge in [-0.15, -0.1) is 19.0 Å². The molecule has 70 valence electrons. The Morgan fingerprint density at radius 2 is 2.42 bits per heavy atom. The van der Waals surface area contributed by atoms with Crippen molar-refractivity contribution in [1.82, 2.24) is 4.90 Å². The maximum absolute atomic E-state index is 10.6. The van der Waals surface area contributed by atoms with Crippen LogP contribution >= 0.6 is 12.4 Å². The molecule has 1 fully saturated rings. The average Bonchev–Trinajstić information content (AvgIpc) is 2.36. The summed E-state index contributed by atoms with van der Waals surface area (Å²) in [6.45, 7) is 5.17. The third kappa shape index (κ3) is 2.50. The Morgan fingerprint density at radius 3 is 2.92 bits per heavy atom. The van der Waals surface area contributed by atoms with Gasteiger partial charge in [0.25, 0.3) is 0 Å². The first kappa shape index (κ1) is 11.5. The minimum atomic E-state index is -0.704. The molecule has 1 rings (SSSR count). The number of carboxylic acids is 1. The maximum Gasteiger partial charge on any atom is 0.320 e. The van der Waals surface area contributed by atoms with E-state index >= 15 is 0 Å². The van der Waals surface area contributed by atoms with E-state index in [4.69, 9.17) is 5.11 Å². The molecule has 0 radical (unpaired) electrons. The van der Waals surface area contributed by atoms with Gasteiger partial charge in [-0.1, -0.05) is 6.08 Å². The first-order valence-electron chi connectivity index (χ1n) is 3.83. The zero-order valence-corrected chi connectivity index (χ0v) is 7.72. The number of halogens is 1. The fraction of sp³-hybridized carbons (Fsp3) is 0.625. The molecule has 0 spiro atoms. The smallest absolute Gasteiger partial charge is 0.320 e. The third-order valence-electron chi connectivity index (χ3n) is 2.01. The van der Waals surface area contributed by atoms with Crippen LogP contribution in [-0.4, -0.2) is 35.1 Å². The second-order valence-electron chi connectivity index (χ2n) is 2.78. The third-order valence-corrected chi connectivity index (χ3v) is 2.01. The van der Waals surface area contributed by atoms with E-state index in [0.717, 1.165) is 19.4 Å². The van der Waals surface area contributed by atoms with Gasteiger partial charge in [-0.3, -0.25) is 9.69 Å². The van der Waals surface area contributed by atoms with Crippen LogP contribution < -0.4 is 0 Å². The molecule has 0 aromatic rings. The Hall–Kier alpha value is -0.540. The van der Waals surface area contributed by atoms with E-state index in [0.29, 0.717) is 6.54 Å². The Bertz CT molecular complexity index is 172. The zero-order chi connectivity index (χ0) is 8.27. The summed E-state index contributed by atoms with van der Waals surface area (Å²) in [6, 6.07) is -0.270. The molecule has 0 aromatic carbocycles. The van der Waals surface area contributed by atoms with E-state index in [-0.39, 0.29) is 18.4 Å². The molecule has 4 heteroatoms. The van der Waals surface area contributed by atoms with Crippen LogP contribution in [-0.2, 0) is 4.79 Å². The van der Waals surface area contributed by atoms with Crippen LogP contribution in [0.25, 0.3) is 0 Å². The predicted octanol–water partition coefficient (Wildman–Crippen LogP) is 1.14. The van der Waals surface area contributed by atoms with E-state index in [1.807, 2.05) is 4.90 Å². The number of carbonyl (C=O) groups is 1. The Balaban J connectivity index is 0.00000121. The molecule has 1 heterocycles. The lowest BCUT2D eigenvalue weighted by Gasteiger charge is -2.18. The van der Waals surface area contributed by atoms with Gasteiger partial charge in [0.1, 0.15) is 6.04 Å². The van der Waals surface area contributed by atoms with E-state index in [2.05, 4.69) is 6.58 Å². The molecule has 1 aliphatic heterocycles.